The van der Waals surface area contributed by atoms with Gasteiger partial charge in [-0.3, -0.25) is 29.5 Å². The number of carbonyl (C=O) groups is 4. The van der Waals surface area contributed by atoms with Crippen molar-refractivity contribution >= 4 is 46.4 Å². The molecule has 10 heteroatoms. The molecule has 3 N–H and O–H groups in total. The summed E-state index contributed by atoms with van der Waals surface area (Å²) in [7, 11) is 1.46. The van der Waals surface area contributed by atoms with Crippen LogP contribution in [0.3, 0.4) is 0 Å². The van der Waals surface area contributed by atoms with Gasteiger partial charge >= 0.3 is 0 Å². The number of ether oxygens (including phenoxy) is 1. The predicted molar refractivity (Wildman–Crippen MR) is 212 cm³/mol. The molecule has 0 bridgehead atoms. The standard InChI is InChI=1S/C46H40N4O6/c1-27-16-18-31(19-17-27)48-50-43(53)37-26-36-33(40(35-14-9-15-38(56-2)41(35)51)46(37,45(50)55)28-10-5-3-6-11-28)24-25-34-39(36)44(54)49(42(34)52)32-22-20-30(21-23-32)47-29-12-7-4-8-13-29/h3-24,34,36-37,39-40,47-48,51H,25-26H2,1-2H3/t34-,36+,37-,39-,40+,46+/m0/s1. The summed E-state index contributed by atoms with van der Waals surface area (Å²) in [5.74, 6) is -5.33. The SMILES string of the molecule is COc1cccc([C@H]2C3=CC[C@@H]4C(=O)N(c5ccc(Nc6ccccc6)cc5)C(=O)[C@@H]4[C@@H]3C[C@H]3C(=O)N(Nc4ccc(C)cc4)C(=O)[C@@]23c2ccccc2)c1O. The number of hydrazine groups is 1. The van der Waals surface area contributed by atoms with Crippen LogP contribution in [0.5, 0.6) is 11.5 Å². The van der Waals surface area contributed by atoms with Crippen LogP contribution in [0.15, 0.2) is 139 Å². The van der Waals surface area contributed by atoms with Crippen molar-refractivity contribution in [3.63, 3.8) is 0 Å². The average Bonchev–Trinajstić information content (AvgIpc) is 3.60. The van der Waals surface area contributed by atoms with E-state index >= 15 is 4.79 Å². The fraction of sp³-hybridized carbons (Fsp3) is 0.217. The van der Waals surface area contributed by atoms with Gasteiger partial charge in [-0.25, -0.2) is 0 Å². The number of allylic oxidation sites excluding steroid dienone is 2. The molecule has 3 fully saturated rings. The molecule has 0 aromatic heterocycles. The molecule has 280 valence electrons. The summed E-state index contributed by atoms with van der Waals surface area (Å²) in [6.07, 6.45) is 2.38. The Morgan fingerprint density at radius 2 is 1.38 bits per heavy atom. The minimum atomic E-state index is -1.51. The molecule has 56 heavy (non-hydrogen) atoms. The summed E-state index contributed by atoms with van der Waals surface area (Å²) in [4.78, 5) is 60.5. The molecule has 2 aliphatic heterocycles. The summed E-state index contributed by atoms with van der Waals surface area (Å²) in [5, 5.41) is 16.3. The minimum Gasteiger partial charge on any atom is -0.504 e. The molecular weight excluding hydrogens is 705 g/mol. The molecule has 9 rings (SSSR count). The third-order valence-corrected chi connectivity index (χ3v) is 12.1. The molecule has 5 aromatic carbocycles. The highest BCUT2D eigenvalue weighted by Crippen LogP contribution is 2.65. The van der Waals surface area contributed by atoms with Gasteiger partial charge in [0.05, 0.1) is 41.7 Å². The Bertz CT molecular complexity index is 2400. The number of hydrogen-bond donors (Lipinski definition) is 3. The Morgan fingerprint density at radius 3 is 2.07 bits per heavy atom. The first-order valence-corrected chi connectivity index (χ1v) is 18.8. The maximum atomic E-state index is 15.4. The Hall–Kier alpha value is -6.68. The number of imide groups is 2. The lowest BCUT2D eigenvalue weighted by Gasteiger charge is -2.50. The quantitative estimate of drug-likeness (QED) is 0.109. The largest absolute Gasteiger partial charge is 0.504 e. The lowest BCUT2D eigenvalue weighted by atomic mass is 9.49. The van der Waals surface area contributed by atoms with Crippen molar-refractivity contribution in [3.05, 3.63) is 156 Å². The molecule has 2 aliphatic carbocycles. The maximum absolute atomic E-state index is 15.4. The van der Waals surface area contributed by atoms with E-state index in [1.165, 1.54) is 12.0 Å². The molecular formula is C46H40N4O6. The van der Waals surface area contributed by atoms with Gasteiger partial charge in [0.2, 0.25) is 11.8 Å². The zero-order valence-electron chi connectivity index (χ0n) is 30.9. The number of phenols is 1. The van der Waals surface area contributed by atoms with E-state index in [2.05, 4.69) is 10.7 Å². The lowest BCUT2D eigenvalue weighted by Crippen LogP contribution is -2.53. The highest BCUT2D eigenvalue weighted by atomic mass is 16.5. The van der Waals surface area contributed by atoms with E-state index in [1.807, 2.05) is 110 Å². The first-order valence-electron chi connectivity index (χ1n) is 18.8. The zero-order chi connectivity index (χ0) is 38.7. The number of aromatic hydroxyl groups is 1. The van der Waals surface area contributed by atoms with E-state index < -0.39 is 46.8 Å². The number of phenolic OH excluding ortho intramolecular Hbond substituents is 1. The minimum absolute atomic E-state index is 0.145. The number of aryl methyl sites for hydroxylation is 1. The van der Waals surface area contributed by atoms with Gasteiger partial charge in [0, 0.05) is 22.9 Å². The van der Waals surface area contributed by atoms with E-state index in [4.69, 9.17) is 4.74 Å². The van der Waals surface area contributed by atoms with Gasteiger partial charge in [-0.2, -0.15) is 5.01 Å². The van der Waals surface area contributed by atoms with Crippen LogP contribution in [-0.2, 0) is 24.6 Å². The summed E-state index contributed by atoms with van der Waals surface area (Å²) in [6.45, 7) is 1.96. The van der Waals surface area contributed by atoms with Gasteiger partial charge in [0.15, 0.2) is 11.5 Å². The Balaban J connectivity index is 1.16. The van der Waals surface area contributed by atoms with E-state index in [1.54, 1.807) is 30.3 Å². The molecule has 2 heterocycles. The number of anilines is 4. The van der Waals surface area contributed by atoms with Crippen molar-refractivity contribution in [2.24, 2.45) is 23.7 Å². The van der Waals surface area contributed by atoms with Crippen molar-refractivity contribution in [2.45, 2.75) is 31.1 Å². The number of nitrogens with zero attached hydrogens (tertiary/aromatic N) is 2. The Kier molecular flexibility index (Phi) is 8.49. The number of fused-ring (bicyclic) bond motifs is 4. The number of hydrogen-bond acceptors (Lipinski definition) is 8. The maximum Gasteiger partial charge on any atom is 0.260 e. The highest BCUT2D eigenvalue weighted by Gasteiger charge is 2.70. The van der Waals surface area contributed by atoms with Crippen molar-refractivity contribution in [2.75, 3.05) is 22.8 Å². The molecule has 6 atom stereocenters. The van der Waals surface area contributed by atoms with Gasteiger partial charge in [0.25, 0.3) is 11.8 Å². The van der Waals surface area contributed by atoms with Crippen molar-refractivity contribution < 1.29 is 29.0 Å². The van der Waals surface area contributed by atoms with Crippen LogP contribution in [0.1, 0.15) is 35.4 Å². The normalized spacial score (nSPS) is 25.3. The lowest BCUT2D eigenvalue weighted by molar-refractivity contribution is -0.138. The molecule has 4 amide bonds. The molecule has 0 radical (unpaired) electrons. The Morgan fingerprint density at radius 1 is 0.714 bits per heavy atom. The molecule has 1 saturated carbocycles. The van der Waals surface area contributed by atoms with E-state index in [0.29, 0.717) is 22.5 Å². The van der Waals surface area contributed by atoms with Crippen molar-refractivity contribution in [1.82, 2.24) is 5.01 Å². The fourth-order valence-corrected chi connectivity index (χ4v) is 9.67. The fourth-order valence-electron chi connectivity index (χ4n) is 9.67. The van der Waals surface area contributed by atoms with Gasteiger partial charge in [-0.05, 0) is 85.8 Å². The summed E-state index contributed by atoms with van der Waals surface area (Å²) in [6, 6.07) is 38.7. The van der Waals surface area contributed by atoms with E-state index in [0.717, 1.165) is 27.5 Å². The van der Waals surface area contributed by atoms with Crippen LogP contribution in [0.2, 0.25) is 0 Å². The summed E-state index contributed by atoms with van der Waals surface area (Å²) in [5.41, 5.74) is 7.13. The van der Waals surface area contributed by atoms with Crippen LogP contribution < -0.4 is 20.4 Å². The number of para-hydroxylation sites is 2. The number of carbonyl (C=O) groups excluding carboxylic acids is 4. The van der Waals surface area contributed by atoms with E-state index in [-0.39, 0.29) is 36.2 Å². The number of amides is 4. The topological polar surface area (TPSA) is 128 Å². The van der Waals surface area contributed by atoms with Crippen LogP contribution in [0.25, 0.3) is 0 Å². The van der Waals surface area contributed by atoms with Crippen LogP contribution in [0.4, 0.5) is 22.7 Å². The van der Waals surface area contributed by atoms with Gasteiger partial charge < -0.3 is 15.2 Å². The third-order valence-electron chi connectivity index (χ3n) is 12.1. The first-order chi connectivity index (χ1) is 27.2. The summed E-state index contributed by atoms with van der Waals surface area (Å²) >= 11 is 0. The Labute approximate surface area is 324 Å². The zero-order valence-corrected chi connectivity index (χ0v) is 30.9. The predicted octanol–water partition coefficient (Wildman–Crippen LogP) is 7.64. The first kappa shape index (κ1) is 35.0. The van der Waals surface area contributed by atoms with Gasteiger partial charge in [0.1, 0.15) is 0 Å². The average molecular weight is 745 g/mol. The van der Waals surface area contributed by atoms with Gasteiger partial charge in [-0.15, -0.1) is 0 Å². The summed E-state index contributed by atoms with van der Waals surface area (Å²) < 4.78 is 5.57. The molecule has 0 unspecified atom stereocenters. The van der Waals surface area contributed by atoms with Crippen LogP contribution >= 0.6 is 0 Å². The molecule has 4 aliphatic rings. The number of nitrogens with one attached hydrogen (secondary N) is 2. The monoisotopic (exact) mass is 744 g/mol. The number of rotatable bonds is 8. The second-order valence-corrected chi connectivity index (χ2v) is 15.0. The molecule has 0 spiro atoms. The third kappa shape index (κ3) is 5.31. The molecule has 5 aromatic rings. The molecule has 2 saturated heterocycles. The van der Waals surface area contributed by atoms with Crippen molar-refractivity contribution in [3.8, 4) is 11.5 Å². The van der Waals surface area contributed by atoms with Crippen LogP contribution in [0, 0.1) is 30.6 Å². The smallest absolute Gasteiger partial charge is 0.260 e. The highest BCUT2D eigenvalue weighted by molar-refractivity contribution is 6.22. The van der Waals surface area contributed by atoms with Crippen LogP contribution in [-0.4, -0.2) is 40.9 Å². The van der Waals surface area contributed by atoms with Crippen molar-refractivity contribution in [1.29, 1.82) is 0 Å². The second kappa shape index (κ2) is 13.6. The number of methoxy groups -OCH3 is 1. The number of benzene rings is 5. The molecule has 10 nitrogen and oxygen atoms in total. The second-order valence-electron chi connectivity index (χ2n) is 15.0. The van der Waals surface area contributed by atoms with Gasteiger partial charge in [-0.1, -0.05) is 90.0 Å². The van der Waals surface area contributed by atoms with E-state index in [9.17, 15) is 19.5 Å².